The first-order valence-corrected chi connectivity index (χ1v) is 24.1. The fourth-order valence-corrected chi connectivity index (χ4v) is 13.9. The third-order valence-electron chi connectivity index (χ3n) is 17.9. The molecule has 65 heavy (non-hydrogen) atoms. The first kappa shape index (κ1) is 49.5. The molecule has 0 spiro atoms. The number of aliphatic hydroxyl groups is 5. The van der Waals surface area contributed by atoms with Crippen molar-refractivity contribution in [2.75, 3.05) is 21.3 Å². The number of aliphatic hydroxyl groups excluding tert-OH is 2. The minimum absolute atomic E-state index is 0.0466. The Morgan fingerprint density at radius 1 is 0.708 bits per heavy atom. The van der Waals surface area contributed by atoms with Gasteiger partial charge in [0.15, 0.2) is 18.9 Å². The number of benzene rings is 1. The summed E-state index contributed by atoms with van der Waals surface area (Å²) in [5, 5.41) is 59.7. The van der Waals surface area contributed by atoms with E-state index in [1.807, 2.05) is 19.9 Å². The molecule has 0 radical (unpaired) electrons. The van der Waals surface area contributed by atoms with Crippen LogP contribution in [-0.2, 0) is 47.4 Å². The maximum absolute atomic E-state index is 13.7. The van der Waals surface area contributed by atoms with Gasteiger partial charge in [-0.15, -0.1) is 0 Å². The number of rotatable bonds is 12. The Morgan fingerprint density at radius 3 is 1.83 bits per heavy atom. The molecule has 3 aliphatic heterocycles. The zero-order valence-electron chi connectivity index (χ0n) is 39.7. The molecule has 16 heteroatoms. The molecule has 3 saturated heterocycles. The zero-order valence-corrected chi connectivity index (χ0v) is 39.7. The van der Waals surface area contributed by atoms with E-state index < -0.39 is 113 Å². The molecule has 368 valence electrons. The number of carbonyl (C=O) groups is 1. The highest BCUT2D eigenvalue weighted by atomic mass is 16.7. The molecule has 7 fully saturated rings. The molecule has 1 aromatic rings. The smallest absolute Gasteiger partial charge is 0.338 e. The van der Waals surface area contributed by atoms with E-state index in [0.717, 1.165) is 0 Å². The quantitative estimate of drug-likeness (QED) is 0.147. The highest BCUT2D eigenvalue weighted by molar-refractivity contribution is 5.89. The van der Waals surface area contributed by atoms with Crippen molar-refractivity contribution in [1.29, 1.82) is 0 Å². The second kappa shape index (κ2) is 18.8. The first-order chi connectivity index (χ1) is 30.8. The lowest BCUT2D eigenvalue weighted by atomic mass is 9.40. The monoisotopic (exact) mass is 921 g/mol. The Morgan fingerprint density at radius 2 is 1.26 bits per heavy atom. The molecule has 4 aliphatic carbocycles. The fourth-order valence-electron chi connectivity index (χ4n) is 13.9. The van der Waals surface area contributed by atoms with E-state index in [-0.39, 0.29) is 43.5 Å². The lowest BCUT2D eigenvalue weighted by Crippen LogP contribution is -2.79. The second-order valence-electron chi connectivity index (χ2n) is 20.9. The third-order valence-corrected chi connectivity index (χ3v) is 17.9. The fraction of sp³-hybridized carbons (Fsp3) is 0.857. The van der Waals surface area contributed by atoms with Gasteiger partial charge in [-0.2, -0.15) is 0 Å². The summed E-state index contributed by atoms with van der Waals surface area (Å²) >= 11 is 0. The summed E-state index contributed by atoms with van der Waals surface area (Å²) in [4.78, 5) is 13.7. The molecule has 4 saturated carbocycles. The van der Waals surface area contributed by atoms with Crippen molar-refractivity contribution in [3.05, 3.63) is 35.9 Å². The Kier molecular flexibility index (Phi) is 14.3. The first-order valence-electron chi connectivity index (χ1n) is 24.1. The largest absolute Gasteiger partial charge is 0.458 e. The summed E-state index contributed by atoms with van der Waals surface area (Å²) < 4.78 is 62.4. The topological polar surface area (TPSA) is 211 Å². The summed E-state index contributed by atoms with van der Waals surface area (Å²) in [6.45, 7) is 11.0. The van der Waals surface area contributed by atoms with Crippen molar-refractivity contribution >= 4 is 5.97 Å². The molecule has 3 heterocycles. The van der Waals surface area contributed by atoms with Crippen LogP contribution in [0.4, 0.5) is 0 Å². The average molecular weight is 921 g/mol. The Labute approximate surface area is 383 Å². The highest BCUT2D eigenvalue weighted by Crippen LogP contribution is 2.72. The molecule has 1 aromatic carbocycles. The van der Waals surface area contributed by atoms with Gasteiger partial charge in [0.2, 0.25) is 0 Å². The van der Waals surface area contributed by atoms with Gasteiger partial charge in [-0.25, -0.2) is 4.79 Å². The van der Waals surface area contributed by atoms with Gasteiger partial charge < -0.3 is 72.9 Å². The van der Waals surface area contributed by atoms with E-state index in [0.29, 0.717) is 56.9 Å². The van der Waals surface area contributed by atoms with E-state index in [2.05, 4.69) is 6.92 Å². The molecule has 0 amide bonds. The van der Waals surface area contributed by atoms with Crippen molar-refractivity contribution in [2.45, 2.75) is 221 Å². The van der Waals surface area contributed by atoms with Gasteiger partial charge in [0.05, 0.1) is 65.4 Å². The van der Waals surface area contributed by atoms with E-state index in [9.17, 15) is 30.3 Å². The molecule has 8 rings (SSSR count). The minimum Gasteiger partial charge on any atom is -0.458 e. The Hall–Kier alpha value is -1.87. The second-order valence-corrected chi connectivity index (χ2v) is 20.9. The number of esters is 1. The average Bonchev–Trinajstić information content (AvgIpc) is 3.51. The van der Waals surface area contributed by atoms with Gasteiger partial charge in [0, 0.05) is 40.6 Å². The number of hydrogen-bond acceptors (Lipinski definition) is 16. The van der Waals surface area contributed by atoms with Crippen LogP contribution in [0, 0.1) is 22.7 Å². The lowest BCUT2D eigenvalue weighted by Gasteiger charge is -2.69. The molecular weight excluding hydrogens is 845 g/mol. The van der Waals surface area contributed by atoms with Crippen LogP contribution in [0.5, 0.6) is 0 Å². The summed E-state index contributed by atoms with van der Waals surface area (Å²) in [5.41, 5.74) is -6.94. The lowest BCUT2D eigenvalue weighted by molar-refractivity contribution is -0.345. The van der Waals surface area contributed by atoms with Crippen LogP contribution < -0.4 is 0 Å². The number of hydrogen-bond donors (Lipinski definition) is 5. The van der Waals surface area contributed by atoms with Crippen molar-refractivity contribution in [1.82, 2.24) is 0 Å². The number of methoxy groups -OCH3 is 3. The molecule has 16 nitrogen and oxygen atoms in total. The van der Waals surface area contributed by atoms with Crippen LogP contribution in [0.15, 0.2) is 30.3 Å². The van der Waals surface area contributed by atoms with Crippen LogP contribution >= 0.6 is 0 Å². The summed E-state index contributed by atoms with van der Waals surface area (Å²) in [6.07, 6.45) is -3.69. The van der Waals surface area contributed by atoms with Gasteiger partial charge in [0.1, 0.15) is 35.6 Å². The molecule has 0 bridgehead atoms. The molecule has 22 atom stereocenters. The van der Waals surface area contributed by atoms with Crippen LogP contribution in [0.2, 0.25) is 0 Å². The third kappa shape index (κ3) is 8.34. The molecule has 5 N–H and O–H groups in total. The SMILES string of the molecule is CO[C@H]1C[C@H](O[C@H]2CC[C@@]3(C)[C@@H](CC[C@]4(O)[C@@H]3C[C@@H](OC(=O)c3ccccc3)[C@@]3(C)[C@]4(O)CC[C@@]3(O)[C@H](C)O)C2)O[C@H](C)[C@H]1O[C@H]1C[C@H](OC)[C@H](O[C@H]2C[C@@H](OC)[C@H](O)[C@@H](C)O2)[C@@H](C)O1. The van der Waals surface area contributed by atoms with Gasteiger partial charge in [-0.05, 0) is 108 Å². The summed E-state index contributed by atoms with van der Waals surface area (Å²) in [6, 6.07) is 8.64. The van der Waals surface area contributed by atoms with Gasteiger partial charge in [0.25, 0.3) is 0 Å². The number of fused-ring (bicyclic) bond motifs is 5. The van der Waals surface area contributed by atoms with E-state index in [4.69, 9.17) is 47.4 Å². The van der Waals surface area contributed by atoms with Gasteiger partial charge >= 0.3 is 5.97 Å². The summed E-state index contributed by atoms with van der Waals surface area (Å²) in [5.74, 6) is -0.930. The minimum atomic E-state index is -1.85. The standard InChI is InChI=1S/C49H76O16/c1-26-41(51)33(56-7)22-39(59-26)64-43-28(3)61-40(24-35(43)58-9)65-42-27(2)60-38(23-34(42)57-8)62-32-16-17-45(5)31(21-32)15-18-48(54)36(45)25-37(63-44(52)30-13-11-10-12-14-30)46(6)47(53,29(4)50)19-20-49(46,48)55/h10-14,26-29,31-43,50-51,53-55H,15-25H2,1-9H3/t26-,27-,28-,29+,31+,32+,33-,34+,35+,36-,37-,38+,39+,40+,41-,42-,43-,45+,46-,47-,48+,49-/m1/s1. The molecular formula is C49H76O16. The normalized spacial score (nSPS) is 50.4. The maximum atomic E-state index is 13.7. The van der Waals surface area contributed by atoms with Gasteiger partial charge in [-0.3, -0.25) is 0 Å². The van der Waals surface area contributed by atoms with E-state index in [1.165, 1.54) is 6.92 Å². The van der Waals surface area contributed by atoms with Crippen molar-refractivity contribution in [3.8, 4) is 0 Å². The van der Waals surface area contributed by atoms with Crippen LogP contribution in [0.25, 0.3) is 0 Å². The number of carbonyl (C=O) groups excluding carboxylic acids is 1. The predicted molar refractivity (Wildman–Crippen MR) is 232 cm³/mol. The van der Waals surface area contributed by atoms with Crippen molar-refractivity contribution in [3.63, 3.8) is 0 Å². The van der Waals surface area contributed by atoms with Gasteiger partial charge in [-0.1, -0.05) is 32.0 Å². The zero-order chi connectivity index (χ0) is 46.9. The number of ether oxygens (including phenoxy) is 10. The molecule has 0 aromatic heterocycles. The summed E-state index contributed by atoms with van der Waals surface area (Å²) in [7, 11) is 4.86. The van der Waals surface area contributed by atoms with Crippen molar-refractivity contribution in [2.24, 2.45) is 22.7 Å². The molecule has 7 aliphatic rings. The maximum Gasteiger partial charge on any atom is 0.338 e. The molecule has 0 unspecified atom stereocenters. The highest BCUT2D eigenvalue weighted by Gasteiger charge is 2.81. The predicted octanol–water partition coefficient (Wildman–Crippen LogP) is 4.17. The van der Waals surface area contributed by atoms with Crippen LogP contribution in [0.3, 0.4) is 0 Å². The van der Waals surface area contributed by atoms with Crippen LogP contribution in [0.1, 0.15) is 123 Å². The Bertz CT molecular complexity index is 1790. The van der Waals surface area contributed by atoms with E-state index >= 15 is 0 Å². The van der Waals surface area contributed by atoms with Crippen LogP contribution in [-0.4, -0.2) is 162 Å². The Balaban J connectivity index is 0.911. The van der Waals surface area contributed by atoms with E-state index in [1.54, 1.807) is 59.4 Å². The van der Waals surface area contributed by atoms with Crippen molar-refractivity contribution < 1.29 is 77.7 Å².